The van der Waals surface area contributed by atoms with Gasteiger partial charge in [-0.05, 0) is 44.9 Å². The number of fused-ring (bicyclic) bond motifs is 1. The van der Waals surface area contributed by atoms with E-state index in [1.54, 1.807) is 19.2 Å². The van der Waals surface area contributed by atoms with Crippen LogP contribution in [-0.2, 0) is 11.3 Å². The molecule has 1 fully saturated rings. The third kappa shape index (κ3) is 2.65. The SMILES string of the molecule is COC(C)(C)Cn1c(C2CC2)nc2cc(C(=O)O)ccc21. The fourth-order valence-electron chi connectivity index (χ4n) is 2.55. The van der Waals surface area contributed by atoms with Crippen molar-refractivity contribution in [3.8, 4) is 0 Å². The Bertz CT molecular complexity index is 699. The summed E-state index contributed by atoms with van der Waals surface area (Å²) in [5.41, 5.74) is 1.72. The highest BCUT2D eigenvalue weighted by molar-refractivity contribution is 5.92. The average molecular weight is 288 g/mol. The van der Waals surface area contributed by atoms with E-state index in [2.05, 4.69) is 9.55 Å². The molecule has 2 aromatic rings. The molecule has 1 heterocycles. The smallest absolute Gasteiger partial charge is 0.335 e. The van der Waals surface area contributed by atoms with Gasteiger partial charge in [-0.2, -0.15) is 0 Å². The van der Waals surface area contributed by atoms with Gasteiger partial charge >= 0.3 is 5.97 Å². The van der Waals surface area contributed by atoms with Gasteiger partial charge in [0.2, 0.25) is 0 Å². The lowest BCUT2D eigenvalue weighted by atomic mass is 10.1. The van der Waals surface area contributed by atoms with Crippen molar-refractivity contribution in [2.45, 2.75) is 44.8 Å². The lowest BCUT2D eigenvalue weighted by molar-refractivity contribution is 0.00842. The number of aromatic carboxylic acids is 1. The monoisotopic (exact) mass is 288 g/mol. The fraction of sp³-hybridized carbons (Fsp3) is 0.500. The Hall–Kier alpha value is -1.88. The van der Waals surface area contributed by atoms with Gasteiger partial charge in [0.15, 0.2) is 0 Å². The molecule has 112 valence electrons. The van der Waals surface area contributed by atoms with Crippen molar-refractivity contribution < 1.29 is 14.6 Å². The summed E-state index contributed by atoms with van der Waals surface area (Å²) >= 11 is 0. The largest absolute Gasteiger partial charge is 0.478 e. The van der Waals surface area contributed by atoms with Gasteiger partial charge in [-0.25, -0.2) is 9.78 Å². The van der Waals surface area contributed by atoms with Crippen LogP contribution in [0.1, 0.15) is 48.8 Å². The van der Waals surface area contributed by atoms with Crippen LogP contribution in [0.4, 0.5) is 0 Å². The zero-order valence-corrected chi connectivity index (χ0v) is 12.6. The van der Waals surface area contributed by atoms with Gasteiger partial charge in [0.25, 0.3) is 0 Å². The van der Waals surface area contributed by atoms with Crippen LogP contribution in [0.15, 0.2) is 18.2 Å². The minimum Gasteiger partial charge on any atom is -0.478 e. The van der Waals surface area contributed by atoms with Crippen LogP contribution in [0, 0.1) is 0 Å². The quantitative estimate of drug-likeness (QED) is 0.918. The highest BCUT2D eigenvalue weighted by atomic mass is 16.5. The van der Waals surface area contributed by atoms with Gasteiger partial charge < -0.3 is 14.4 Å². The maximum absolute atomic E-state index is 11.1. The van der Waals surface area contributed by atoms with Crippen LogP contribution in [0.2, 0.25) is 0 Å². The number of nitrogens with zero attached hydrogens (tertiary/aromatic N) is 2. The maximum Gasteiger partial charge on any atom is 0.335 e. The normalized spacial score (nSPS) is 15.6. The molecule has 1 saturated carbocycles. The molecule has 5 heteroatoms. The van der Waals surface area contributed by atoms with E-state index in [-0.39, 0.29) is 11.2 Å². The van der Waals surface area contributed by atoms with Gasteiger partial charge in [-0.3, -0.25) is 0 Å². The summed E-state index contributed by atoms with van der Waals surface area (Å²) < 4.78 is 7.72. The summed E-state index contributed by atoms with van der Waals surface area (Å²) in [5, 5.41) is 9.11. The minimum absolute atomic E-state index is 0.278. The number of imidazole rings is 1. The van der Waals surface area contributed by atoms with E-state index in [9.17, 15) is 4.79 Å². The van der Waals surface area contributed by atoms with Crippen LogP contribution < -0.4 is 0 Å². The molecule has 5 nitrogen and oxygen atoms in total. The first-order valence-corrected chi connectivity index (χ1v) is 7.20. The van der Waals surface area contributed by atoms with Crippen molar-refractivity contribution in [3.05, 3.63) is 29.6 Å². The molecular weight excluding hydrogens is 268 g/mol. The molecule has 3 rings (SSSR count). The molecule has 0 aliphatic heterocycles. The van der Waals surface area contributed by atoms with Crippen molar-refractivity contribution in [2.75, 3.05) is 7.11 Å². The second-order valence-electron chi connectivity index (χ2n) is 6.30. The Labute approximate surface area is 123 Å². The predicted molar refractivity (Wildman–Crippen MR) is 79.8 cm³/mol. The van der Waals surface area contributed by atoms with Gasteiger partial charge in [0.1, 0.15) is 5.82 Å². The molecule has 21 heavy (non-hydrogen) atoms. The van der Waals surface area contributed by atoms with E-state index in [1.165, 1.54) is 0 Å². The van der Waals surface area contributed by atoms with Crippen molar-refractivity contribution in [3.63, 3.8) is 0 Å². The summed E-state index contributed by atoms with van der Waals surface area (Å²) in [6.07, 6.45) is 2.31. The zero-order chi connectivity index (χ0) is 15.2. The second kappa shape index (κ2) is 4.84. The molecule has 1 aromatic heterocycles. The first-order valence-electron chi connectivity index (χ1n) is 7.20. The highest BCUT2D eigenvalue weighted by Crippen LogP contribution is 2.41. The zero-order valence-electron chi connectivity index (χ0n) is 12.6. The molecule has 0 saturated heterocycles. The molecular formula is C16H20N2O3. The Balaban J connectivity index is 2.11. The molecule has 0 unspecified atom stereocenters. The fourth-order valence-corrected chi connectivity index (χ4v) is 2.55. The summed E-state index contributed by atoms with van der Waals surface area (Å²) in [4.78, 5) is 15.8. The number of hydrogen-bond donors (Lipinski definition) is 1. The number of carboxylic acids is 1. The summed E-state index contributed by atoms with van der Waals surface area (Å²) in [7, 11) is 1.71. The van der Waals surface area contributed by atoms with Crippen molar-refractivity contribution >= 4 is 17.0 Å². The summed E-state index contributed by atoms with van der Waals surface area (Å²) in [5.74, 6) is 0.632. The van der Waals surface area contributed by atoms with Crippen molar-refractivity contribution in [1.82, 2.24) is 9.55 Å². The lowest BCUT2D eigenvalue weighted by Crippen LogP contribution is -2.29. The first kappa shape index (κ1) is 14.1. The van der Waals surface area contributed by atoms with Crippen LogP contribution >= 0.6 is 0 Å². The lowest BCUT2D eigenvalue weighted by Gasteiger charge is -2.25. The molecule has 0 atom stereocenters. The van der Waals surface area contributed by atoms with Crippen molar-refractivity contribution in [2.24, 2.45) is 0 Å². The number of aromatic nitrogens is 2. The van der Waals surface area contributed by atoms with E-state index in [1.807, 2.05) is 19.9 Å². The Morgan fingerprint density at radius 1 is 1.48 bits per heavy atom. The number of carboxylic acid groups (broad SMARTS) is 1. The molecule has 1 aliphatic carbocycles. The molecule has 0 radical (unpaired) electrons. The number of benzene rings is 1. The Morgan fingerprint density at radius 2 is 2.19 bits per heavy atom. The molecule has 1 N–H and O–H groups in total. The molecule has 0 spiro atoms. The van der Waals surface area contributed by atoms with Crippen LogP contribution in [0.25, 0.3) is 11.0 Å². The van der Waals surface area contributed by atoms with Crippen LogP contribution in [-0.4, -0.2) is 33.3 Å². The predicted octanol–water partition coefficient (Wildman–Crippen LogP) is 3.04. The Morgan fingerprint density at radius 3 is 2.76 bits per heavy atom. The van der Waals surface area contributed by atoms with E-state index in [0.29, 0.717) is 12.5 Å². The van der Waals surface area contributed by atoms with Crippen molar-refractivity contribution in [1.29, 1.82) is 0 Å². The van der Waals surface area contributed by atoms with Gasteiger partial charge in [0, 0.05) is 13.0 Å². The van der Waals surface area contributed by atoms with Crippen LogP contribution in [0.3, 0.4) is 0 Å². The van der Waals surface area contributed by atoms with Gasteiger partial charge in [0.05, 0.1) is 28.7 Å². The minimum atomic E-state index is -0.920. The summed E-state index contributed by atoms with van der Waals surface area (Å²) in [6, 6.07) is 5.14. The molecule has 1 aromatic carbocycles. The molecule has 0 amide bonds. The third-order valence-electron chi connectivity index (χ3n) is 4.06. The third-order valence-corrected chi connectivity index (χ3v) is 4.06. The molecule has 0 bridgehead atoms. The maximum atomic E-state index is 11.1. The number of rotatable bonds is 5. The molecule has 1 aliphatic rings. The van der Waals surface area contributed by atoms with E-state index >= 15 is 0 Å². The highest BCUT2D eigenvalue weighted by Gasteiger charge is 2.31. The second-order valence-corrected chi connectivity index (χ2v) is 6.30. The van der Waals surface area contributed by atoms with E-state index in [4.69, 9.17) is 9.84 Å². The number of methoxy groups -OCH3 is 1. The Kier molecular flexibility index (Phi) is 3.24. The topological polar surface area (TPSA) is 64.4 Å². The van der Waals surface area contributed by atoms with Gasteiger partial charge in [-0.1, -0.05) is 0 Å². The van der Waals surface area contributed by atoms with Gasteiger partial charge in [-0.15, -0.1) is 0 Å². The van der Waals surface area contributed by atoms with Crippen LogP contribution in [0.5, 0.6) is 0 Å². The number of hydrogen-bond acceptors (Lipinski definition) is 3. The summed E-state index contributed by atoms with van der Waals surface area (Å²) in [6.45, 7) is 4.79. The average Bonchev–Trinajstić information content (AvgIpc) is 3.22. The van der Waals surface area contributed by atoms with E-state index < -0.39 is 5.97 Å². The standard InChI is InChI=1S/C16H20N2O3/c1-16(2,21-3)9-18-13-7-6-11(15(19)20)8-12(13)17-14(18)10-4-5-10/h6-8,10H,4-5,9H2,1-3H3,(H,19,20). The number of carbonyl (C=O) groups is 1. The first-order chi connectivity index (χ1) is 9.91. The van der Waals surface area contributed by atoms with E-state index in [0.717, 1.165) is 29.7 Å². The number of ether oxygens (including phenoxy) is 1.